The molecule has 1 aromatic carbocycles. The summed E-state index contributed by atoms with van der Waals surface area (Å²) in [5, 5.41) is 17.5. The van der Waals surface area contributed by atoms with Crippen molar-refractivity contribution < 1.29 is 23.1 Å². The lowest BCUT2D eigenvalue weighted by Crippen LogP contribution is -2.41. The highest BCUT2D eigenvalue weighted by Gasteiger charge is 2.55. The second-order valence-corrected chi connectivity index (χ2v) is 8.78. The zero-order valence-corrected chi connectivity index (χ0v) is 15.4. The predicted octanol–water partition coefficient (Wildman–Crippen LogP) is 1.04. The maximum atomic E-state index is 12.5. The molecule has 0 bridgehead atoms. The molecule has 2 atom stereocenters. The lowest BCUT2D eigenvalue weighted by molar-refractivity contribution is -0.149. The summed E-state index contributed by atoms with van der Waals surface area (Å²) in [5.41, 5.74) is 0.680. The number of sulfonamides is 1. The molecular weight excluding hydrogens is 358 g/mol. The van der Waals surface area contributed by atoms with E-state index in [9.17, 15) is 23.1 Å². The summed E-state index contributed by atoms with van der Waals surface area (Å²) >= 11 is 0. The number of carboxylic acid groups (broad SMARTS) is 1. The predicted molar refractivity (Wildman–Crippen MR) is 93.8 cm³/mol. The van der Waals surface area contributed by atoms with Gasteiger partial charge in [0.2, 0.25) is 10.0 Å². The minimum Gasteiger partial charge on any atom is -0.481 e. The second kappa shape index (κ2) is 6.55. The molecule has 142 valence electrons. The van der Waals surface area contributed by atoms with Gasteiger partial charge < -0.3 is 15.3 Å². The Bertz CT molecular complexity index is 854. The number of nitrogens with zero attached hydrogens (tertiary/aromatic N) is 1. The highest BCUT2D eigenvalue weighted by molar-refractivity contribution is 7.89. The van der Waals surface area contributed by atoms with Gasteiger partial charge in [0.25, 0.3) is 0 Å². The Kier molecular flexibility index (Phi) is 4.70. The van der Waals surface area contributed by atoms with Crippen molar-refractivity contribution in [3.63, 3.8) is 0 Å². The molecule has 1 aromatic rings. The zero-order valence-electron chi connectivity index (χ0n) is 14.6. The van der Waals surface area contributed by atoms with Crippen LogP contribution in [0.2, 0.25) is 0 Å². The molecule has 2 aliphatic rings. The van der Waals surface area contributed by atoms with E-state index in [0.717, 1.165) is 18.4 Å². The number of nitrogens with two attached hydrogens (primary N) is 1. The number of hydrogen-bond donors (Lipinski definition) is 3. The van der Waals surface area contributed by atoms with Crippen LogP contribution in [0.15, 0.2) is 23.1 Å². The lowest BCUT2D eigenvalue weighted by atomic mass is 9.81. The van der Waals surface area contributed by atoms with Crippen molar-refractivity contribution in [3.05, 3.63) is 29.3 Å². The summed E-state index contributed by atoms with van der Waals surface area (Å²) in [7, 11) is -3.76. The number of amides is 2. The van der Waals surface area contributed by atoms with Crippen molar-refractivity contribution in [1.82, 2.24) is 10.2 Å². The summed E-state index contributed by atoms with van der Waals surface area (Å²) in [5.74, 6) is -0.800. The Morgan fingerprint density at radius 2 is 2.15 bits per heavy atom. The molecule has 0 spiro atoms. The first kappa shape index (κ1) is 18.7. The van der Waals surface area contributed by atoms with Gasteiger partial charge in [-0.3, -0.25) is 4.79 Å². The van der Waals surface area contributed by atoms with Crippen LogP contribution in [-0.4, -0.2) is 43.5 Å². The number of urea groups is 1. The zero-order chi connectivity index (χ0) is 19.1. The van der Waals surface area contributed by atoms with Crippen LogP contribution in [0.4, 0.5) is 4.79 Å². The van der Waals surface area contributed by atoms with Gasteiger partial charge in [-0.15, -0.1) is 0 Å². The molecule has 3 rings (SSSR count). The standard InChI is InChI=1S/C17H23N3O5S/c1-11-7-14(26(18,24)25)5-4-12(11)8-19-16(23)20-9-13-3-2-6-17(13,10-20)15(21)22/h4-5,7,13H,2-3,6,8-10H2,1H3,(H,19,23)(H,21,22)(H2,18,24,25)/t13-,17+/m0/s1. The van der Waals surface area contributed by atoms with Gasteiger partial charge in [0.15, 0.2) is 0 Å². The third-order valence-electron chi connectivity index (χ3n) is 5.66. The molecule has 1 saturated heterocycles. The van der Waals surface area contributed by atoms with Gasteiger partial charge >= 0.3 is 12.0 Å². The van der Waals surface area contributed by atoms with E-state index in [1.54, 1.807) is 17.9 Å². The SMILES string of the molecule is Cc1cc(S(N)(=O)=O)ccc1CNC(=O)N1C[C@@H]2CCC[C@@]2(C(=O)O)C1. The Hall–Kier alpha value is -2.13. The van der Waals surface area contributed by atoms with Crippen LogP contribution in [0.1, 0.15) is 30.4 Å². The molecule has 0 aromatic heterocycles. The number of nitrogens with one attached hydrogen (secondary N) is 1. The molecule has 2 fully saturated rings. The average molecular weight is 381 g/mol. The van der Waals surface area contributed by atoms with Crippen LogP contribution in [0.5, 0.6) is 0 Å². The molecule has 0 radical (unpaired) electrons. The van der Waals surface area contributed by atoms with Crippen molar-refractivity contribution in [2.24, 2.45) is 16.5 Å². The quantitative estimate of drug-likeness (QED) is 0.717. The summed E-state index contributed by atoms with van der Waals surface area (Å²) in [4.78, 5) is 25.8. The summed E-state index contributed by atoms with van der Waals surface area (Å²) in [6.45, 7) is 2.68. The first-order chi connectivity index (χ1) is 12.1. The average Bonchev–Trinajstić information content (AvgIpc) is 3.10. The molecule has 9 heteroatoms. The van der Waals surface area contributed by atoms with E-state index in [-0.39, 0.29) is 29.9 Å². The number of carbonyl (C=O) groups is 2. The van der Waals surface area contributed by atoms with Gasteiger partial charge in [-0.1, -0.05) is 12.5 Å². The largest absolute Gasteiger partial charge is 0.481 e. The van der Waals surface area contributed by atoms with Gasteiger partial charge in [-0.25, -0.2) is 18.4 Å². The number of benzene rings is 1. The summed E-state index contributed by atoms with van der Waals surface area (Å²) < 4.78 is 22.7. The van der Waals surface area contributed by atoms with E-state index in [1.807, 2.05) is 0 Å². The fourth-order valence-corrected chi connectivity index (χ4v) is 4.72. The molecule has 2 amide bonds. The van der Waals surface area contributed by atoms with E-state index in [4.69, 9.17) is 5.14 Å². The summed E-state index contributed by atoms with van der Waals surface area (Å²) in [6.07, 6.45) is 2.34. The lowest BCUT2D eigenvalue weighted by Gasteiger charge is -2.23. The number of rotatable bonds is 4. The van der Waals surface area contributed by atoms with Crippen LogP contribution in [0.25, 0.3) is 0 Å². The Labute approximate surface area is 152 Å². The molecule has 0 unspecified atom stereocenters. The monoisotopic (exact) mass is 381 g/mol. The highest BCUT2D eigenvalue weighted by Crippen LogP contribution is 2.48. The van der Waals surface area contributed by atoms with Gasteiger partial charge in [-0.2, -0.15) is 0 Å². The number of carboxylic acids is 1. The number of aryl methyl sites for hydroxylation is 1. The minimum atomic E-state index is -3.76. The van der Waals surface area contributed by atoms with Crippen LogP contribution >= 0.6 is 0 Å². The van der Waals surface area contributed by atoms with Crippen LogP contribution in [-0.2, 0) is 21.4 Å². The molecule has 1 aliphatic carbocycles. The van der Waals surface area contributed by atoms with Gasteiger partial charge in [0.05, 0.1) is 10.3 Å². The van der Waals surface area contributed by atoms with E-state index in [2.05, 4.69) is 5.32 Å². The number of likely N-dealkylation sites (tertiary alicyclic amines) is 1. The van der Waals surface area contributed by atoms with Crippen LogP contribution < -0.4 is 10.5 Å². The molecule has 1 saturated carbocycles. The number of hydrogen-bond acceptors (Lipinski definition) is 4. The van der Waals surface area contributed by atoms with Crippen molar-refractivity contribution >= 4 is 22.0 Å². The van der Waals surface area contributed by atoms with E-state index < -0.39 is 21.4 Å². The molecule has 8 nitrogen and oxygen atoms in total. The molecule has 4 N–H and O–H groups in total. The number of primary sulfonamides is 1. The topological polar surface area (TPSA) is 130 Å². The number of fused-ring (bicyclic) bond motifs is 1. The van der Waals surface area contributed by atoms with Crippen LogP contribution in [0.3, 0.4) is 0 Å². The first-order valence-electron chi connectivity index (χ1n) is 8.52. The van der Waals surface area contributed by atoms with Crippen molar-refractivity contribution in [1.29, 1.82) is 0 Å². The second-order valence-electron chi connectivity index (χ2n) is 7.22. The first-order valence-corrected chi connectivity index (χ1v) is 10.1. The molecule has 1 heterocycles. The molecular formula is C17H23N3O5S. The normalized spacial score (nSPS) is 25.2. The third-order valence-corrected chi connectivity index (χ3v) is 6.57. The fraction of sp³-hybridized carbons (Fsp3) is 0.529. The fourth-order valence-electron chi connectivity index (χ4n) is 4.12. The Morgan fingerprint density at radius 1 is 1.42 bits per heavy atom. The van der Waals surface area contributed by atoms with Gasteiger partial charge in [-0.05, 0) is 48.9 Å². The van der Waals surface area contributed by atoms with E-state index in [0.29, 0.717) is 18.5 Å². The van der Waals surface area contributed by atoms with Crippen molar-refractivity contribution in [2.45, 2.75) is 37.6 Å². The van der Waals surface area contributed by atoms with E-state index in [1.165, 1.54) is 12.1 Å². The number of aliphatic carboxylic acids is 1. The maximum absolute atomic E-state index is 12.5. The molecule has 26 heavy (non-hydrogen) atoms. The van der Waals surface area contributed by atoms with Gasteiger partial charge in [0, 0.05) is 19.6 Å². The van der Waals surface area contributed by atoms with Gasteiger partial charge in [0.1, 0.15) is 0 Å². The Morgan fingerprint density at radius 3 is 2.73 bits per heavy atom. The van der Waals surface area contributed by atoms with Crippen LogP contribution in [0, 0.1) is 18.3 Å². The molecule has 1 aliphatic heterocycles. The van der Waals surface area contributed by atoms with E-state index >= 15 is 0 Å². The van der Waals surface area contributed by atoms with Crippen molar-refractivity contribution in [2.75, 3.05) is 13.1 Å². The highest BCUT2D eigenvalue weighted by atomic mass is 32.2. The summed E-state index contributed by atoms with van der Waals surface area (Å²) in [6, 6.07) is 4.20. The third kappa shape index (κ3) is 3.28. The van der Waals surface area contributed by atoms with Crippen molar-refractivity contribution in [3.8, 4) is 0 Å². The maximum Gasteiger partial charge on any atom is 0.317 e. The smallest absolute Gasteiger partial charge is 0.317 e. The Balaban J connectivity index is 1.64. The minimum absolute atomic E-state index is 0.0153. The number of carbonyl (C=O) groups excluding carboxylic acids is 1.